The van der Waals surface area contributed by atoms with Crippen molar-refractivity contribution in [1.29, 1.82) is 0 Å². The molecule has 0 fully saturated rings. The molecule has 0 aromatic heterocycles. The summed E-state index contributed by atoms with van der Waals surface area (Å²) in [4.78, 5) is 0. The van der Waals surface area contributed by atoms with Gasteiger partial charge in [0.2, 0.25) is 0 Å². The highest BCUT2D eigenvalue weighted by atomic mass is 15.1. The Bertz CT molecular complexity index is 398. The minimum absolute atomic E-state index is 0.0537. The molecule has 1 aliphatic rings. The fraction of sp³-hybridized carbons (Fsp3) is 0.538. The maximum atomic E-state index is 6.05. The number of benzene rings is 1. The van der Waals surface area contributed by atoms with Crippen LogP contribution in [0.25, 0.3) is 0 Å². The molecule has 88 valence electrons. The lowest BCUT2D eigenvalue weighted by atomic mass is 9.92. The topological polar surface area (TPSA) is 50.1 Å². The Labute approximate surface area is 97.4 Å². The van der Waals surface area contributed by atoms with Crippen molar-refractivity contribution in [3.05, 3.63) is 23.8 Å². The summed E-state index contributed by atoms with van der Waals surface area (Å²) in [6.07, 6.45) is 0. The van der Waals surface area contributed by atoms with Gasteiger partial charge in [-0.2, -0.15) is 0 Å². The lowest BCUT2D eigenvalue weighted by Crippen LogP contribution is -2.46. The molecule has 4 N–H and O–H groups in total. The van der Waals surface area contributed by atoms with Crippen LogP contribution in [0, 0.1) is 0 Å². The summed E-state index contributed by atoms with van der Waals surface area (Å²) >= 11 is 0. The molecular weight excluding hydrogens is 198 g/mol. The molecule has 1 heterocycles. The van der Waals surface area contributed by atoms with Crippen molar-refractivity contribution in [2.45, 2.75) is 45.3 Å². The first kappa shape index (κ1) is 11.3. The van der Waals surface area contributed by atoms with Crippen LogP contribution in [0.2, 0.25) is 0 Å². The van der Waals surface area contributed by atoms with E-state index in [0.717, 1.165) is 11.4 Å². The lowest BCUT2D eigenvalue weighted by molar-refractivity contribution is 0.347. The molecule has 1 aromatic rings. The van der Waals surface area contributed by atoms with Crippen LogP contribution in [-0.4, -0.2) is 12.1 Å². The monoisotopic (exact) mass is 219 g/mol. The van der Waals surface area contributed by atoms with Crippen LogP contribution >= 0.6 is 0 Å². The molecule has 3 heteroatoms. The van der Waals surface area contributed by atoms with Gasteiger partial charge in [0.05, 0.1) is 11.4 Å². The van der Waals surface area contributed by atoms with Gasteiger partial charge in [0, 0.05) is 17.6 Å². The third-order valence-corrected chi connectivity index (χ3v) is 3.48. The fourth-order valence-electron chi connectivity index (χ4n) is 2.38. The summed E-state index contributed by atoms with van der Waals surface area (Å²) < 4.78 is 0. The van der Waals surface area contributed by atoms with Crippen LogP contribution in [0.1, 0.15) is 33.3 Å². The van der Waals surface area contributed by atoms with E-state index >= 15 is 0 Å². The number of nitrogen functional groups attached to an aromatic ring is 1. The average Bonchev–Trinajstić information content (AvgIpc) is 2.26. The summed E-state index contributed by atoms with van der Waals surface area (Å²) in [5.41, 5.74) is 9.14. The summed E-state index contributed by atoms with van der Waals surface area (Å²) in [6.45, 7) is 8.76. The number of anilines is 2. The number of fused-ring (bicyclic) bond motifs is 1. The summed E-state index contributed by atoms with van der Waals surface area (Å²) in [7, 11) is 0. The third-order valence-electron chi connectivity index (χ3n) is 3.48. The zero-order valence-electron chi connectivity index (χ0n) is 10.5. The molecule has 16 heavy (non-hydrogen) atoms. The van der Waals surface area contributed by atoms with Crippen LogP contribution in [-0.2, 0) is 5.54 Å². The van der Waals surface area contributed by atoms with Crippen molar-refractivity contribution in [3.8, 4) is 0 Å². The zero-order chi connectivity index (χ0) is 11.9. The molecule has 0 radical (unpaired) electrons. The first-order valence-electron chi connectivity index (χ1n) is 5.85. The minimum Gasteiger partial charge on any atom is -0.397 e. The van der Waals surface area contributed by atoms with E-state index in [1.807, 2.05) is 12.1 Å². The highest BCUT2D eigenvalue weighted by molar-refractivity contribution is 5.72. The zero-order valence-corrected chi connectivity index (χ0v) is 10.5. The van der Waals surface area contributed by atoms with Crippen LogP contribution in [0.3, 0.4) is 0 Å². The fourth-order valence-corrected chi connectivity index (χ4v) is 2.38. The number of rotatable bonds is 0. The van der Waals surface area contributed by atoms with Gasteiger partial charge >= 0.3 is 0 Å². The predicted molar refractivity (Wildman–Crippen MR) is 69.6 cm³/mol. The van der Waals surface area contributed by atoms with Gasteiger partial charge < -0.3 is 16.4 Å². The molecular formula is C13H21N3. The smallest absolute Gasteiger partial charge is 0.0627 e. The highest BCUT2D eigenvalue weighted by Crippen LogP contribution is 2.35. The third kappa shape index (κ3) is 1.76. The van der Waals surface area contributed by atoms with E-state index in [2.05, 4.69) is 44.4 Å². The van der Waals surface area contributed by atoms with E-state index in [1.54, 1.807) is 0 Å². The molecule has 0 aliphatic carbocycles. The normalized spacial score (nSPS) is 27.8. The summed E-state index contributed by atoms with van der Waals surface area (Å²) in [6, 6.07) is 6.87. The maximum absolute atomic E-state index is 6.05. The van der Waals surface area contributed by atoms with E-state index < -0.39 is 0 Å². The van der Waals surface area contributed by atoms with E-state index in [4.69, 9.17) is 5.73 Å². The van der Waals surface area contributed by atoms with Gasteiger partial charge in [-0.25, -0.2) is 0 Å². The second-order valence-corrected chi connectivity index (χ2v) is 5.26. The van der Waals surface area contributed by atoms with Crippen LogP contribution in [0.15, 0.2) is 18.2 Å². The Balaban J connectivity index is 2.56. The number of nitrogens with one attached hydrogen (secondary N) is 2. The molecule has 0 saturated carbocycles. The molecule has 2 atom stereocenters. The van der Waals surface area contributed by atoms with Gasteiger partial charge in [0.1, 0.15) is 0 Å². The van der Waals surface area contributed by atoms with Gasteiger partial charge in [0.25, 0.3) is 0 Å². The number of para-hydroxylation sites is 1. The Morgan fingerprint density at radius 2 is 1.88 bits per heavy atom. The number of hydrogen-bond acceptors (Lipinski definition) is 3. The quantitative estimate of drug-likeness (QED) is 0.587. The second-order valence-electron chi connectivity index (χ2n) is 5.26. The molecule has 1 aromatic carbocycles. The molecule has 0 amide bonds. The minimum atomic E-state index is -0.0537. The predicted octanol–water partition coefficient (Wildman–Crippen LogP) is 2.30. The van der Waals surface area contributed by atoms with Gasteiger partial charge in [-0.3, -0.25) is 0 Å². The molecule has 0 saturated heterocycles. The Hall–Kier alpha value is -1.22. The molecule has 1 aliphatic heterocycles. The summed E-state index contributed by atoms with van der Waals surface area (Å²) in [5, 5.41) is 7.14. The lowest BCUT2D eigenvalue weighted by Gasteiger charge is -2.29. The highest BCUT2D eigenvalue weighted by Gasteiger charge is 2.31. The standard InChI is InChI=1S/C13H21N3/c1-8-9(2)16-13(3,4)10-6-5-7-11(14)12(10)15-8/h5-9,15-16H,14H2,1-4H3. The molecule has 2 unspecified atom stereocenters. The van der Waals surface area contributed by atoms with Gasteiger partial charge in [0.15, 0.2) is 0 Å². The van der Waals surface area contributed by atoms with Crippen molar-refractivity contribution in [2.24, 2.45) is 0 Å². The van der Waals surface area contributed by atoms with Crippen LogP contribution in [0.4, 0.5) is 11.4 Å². The van der Waals surface area contributed by atoms with Crippen molar-refractivity contribution >= 4 is 11.4 Å². The van der Waals surface area contributed by atoms with Gasteiger partial charge in [-0.1, -0.05) is 12.1 Å². The second kappa shape index (κ2) is 3.67. The van der Waals surface area contributed by atoms with E-state index in [9.17, 15) is 0 Å². The first-order chi connectivity index (χ1) is 7.42. The van der Waals surface area contributed by atoms with Crippen molar-refractivity contribution < 1.29 is 0 Å². The Kier molecular flexibility index (Phi) is 2.58. The first-order valence-corrected chi connectivity index (χ1v) is 5.85. The molecule has 0 spiro atoms. The summed E-state index contributed by atoms with van der Waals surface area (Å²) in [5.74, 6) is 0. The Morgan fingerprint density at radius 1 is 1.19 bits per heavy atom. The Morgan fingerprint density at radius 3 is 2.56 bits per heavy atom. The van der Waals surface area contributed by atoms with Crippen molar-refractivity contribution in [2.75, 3.05) is 11.1 Å². The molecule has 2 rings (SSSR count). The number of hydrogen-bond donors (Lipinski definition) is 3. The van der Waals surface area contributed by atoms with Gasteiger partial charge in [-0.05, 0) is 39.3 Å². The van der Waals surface area contributed by atoms with Crippen molar-refractivity contribution in [1.82, 2.24) is 5.32 Å². The molecule has 0 bridgehead atoms. The van der Waals surface area contributed by atoms with Crippen LogP contribution in [0.5, 0.6) is 0 Å². The average molecular weight is 219 g/mol. The van der Waals surface area contributed by atoms with Gasteiger partial charge in [-0.15, -0.1) is 0 Å². The van der Waals surface area contributed by atoms with E-state index in [-0.39, 0.29) is 5.54 Å². The van der Waals surface area contributed by atoms with E-state index in [1.165, 1.54) is 5.56 Å². The van der Waals surface area contributed by atoms with Crippen LogP contribution < -0.4 is 16.4 Å². The largest absolute Gasteiger partial charge is 0.397 e. The molecule has 3 nitrogen and oxygen atoms in total. The van der Waals surface area contributed by atoms with Crippen molar-refractivity contribution in [3.63, 3.8) is 0 Å². The SMILES string of the molecule is CC1Nc2c(N)cccc2C(C)(C)NC1C. The maximum Gasteiger partial charge on any atom is 0.0627 e. The number of nitrogens with two attached hydrogens (primary N) is 1. The van der Waals surface area contributed by atoms with E-state index in [0.29, 0.717) is 12.1 Å².